The van der Waals surface area contributed by atoms with Crippen molar-refractivity contribution >= 4 is 5.71 Å². The van der Waals surface area contributed by atoms with E-state index >= 15 is 0 Å². The Bertz CT molecular complexity index is 911. The summed E-state index contributed by atoms with van der Waals surface area (Å²) in [5.74, 6) is -3.35. The molecule has 0 bridgehead atoms. The highest BCUT2D eigenvalue weighted by Gasteiger charge is 2.29. The summed E-state index contributed by atoms with van der Waals surface area (Å²) in [4.78, 5) is 4.46. The van der Waals surface area contributed by atoms with E-state index < -0.39 is 23.5 Å². The van der Waals surface area contributed by atoms with Gasteiger partial charge in [0.25, 0.3) is 0 Å². The summed E-state index contributed by atoms with van der Waals surface area (Å²) < 4.78 is 31.2. The maximum absolute atomic E-state index is 13.0. The van der Waals surface area contributed by atoms with Crippen LogP contribution in [0.2, 0.25) is 0 Å². The minimum absolute atomic E-state index is 0.116. The highest BCUT2D eigenvalue weighted by atomic mass is 19.2. The maximum Gasteiger partial charge on any atom is 0.159 e. The third-order valence-corrected chi connectivity index (χ3v) is 5.32. The molecule has 0 saturated carbocycles. The number of ether oxygens (including phenoxy) is 1. The molecule has 224 valence electrons. The van der Waals surface area contributed by atoms with Crippen molar-refractivity contribution in [2.24, 2.45) is 4.99 Å². The van der Waals surface area contributed by atoms with Crippen LogP contribution in [-0.2, 0) is 4.74 Å². The number of rotatable bonds is 8. The summed E-state index contributed by atoms with van der Waals surface area (Å²) in [6.07, 6.45) is 12.1. The van der Waals surface area contributed by atoms with Gasteiger partial charge in [0.2, 0.25) is 0 Å². The quantitative estimate of drug-likeness (QED) is 0.172. The molecule has 0 radical (unpaired) electrons. The summed E-state index contributed by atoms with van der Waals surface area (Å²) in [5, 5.41) is 26.1. The third-order valence-electron chi connectivity index (χ3n) is 5.32. The summed E-state index contributed by atoms with van der Waals surface area (Å²) in [7, 11) is 0. The van der Waals surface area contributed by atoms with Crippen molar-refractivity contribution in [1.29, 1.82) is 0 Å². The molecule has 5 nitrogen and oxygen atoms in total. The van der Waals surface area contributed by atoms with Crippen LogP contribution in [0, 0.1) is 11.6 Å². The molecule has 0 aliphatic carbocycles. The lowest BCUT2D eigenvalue weighted by Crippen LogP contribution is -2.18. The molecule has 1 aromatic carbocycles. The standard InChI is InChI=1S/C15H25N.C12H14F2O2.C3H8O2.C2H6/c1-6-9-12-16-14(5)15(11-8-3)13(4)10-7-2;1-7-2-5-11(16-7)12(15)8-3-4-9(13)10(14)6-8;1-3(2,4)5;1-2/h8-9,11-12H,6-7,10H2,1-5H3;3-4,6-7,11-12,15H,2,5H2,1H3;4-5H,1-2H3;1-2H3/b11-8-,12-9+,15-13+,16-14+;;;. The zero-order chi connectivity index (χ0) is 30.6. The highest BCUT2D eigenvalue weighted by molar-refractivity contribution is 6.01. The van der Waals surface area contributed by atoms with Crippen molar-refractivity contribution in [2.45, 2.75) is 125 Å². The zero-order valence-electron chi connectivity index (χ0n) is 25.8. The number of aliphatic hydroxyl groups is 3. The highest BCUT2D eigenvalue weighted by Crippen LogP contribution is 2.30. The smallest absolute Gasteiger partial charge is 0.159 e. The molecule has 3 N–H and O–H groups in total. The van der Waals surface area contributed by atoms with Gasteiger partial charge in [0, 0.05) is 11.9 Å². The number of halogens is 2. The molecular formula is C32H53F2NO4. The SMILES string of the molecule is CC.CC(C)(O)O.CC1CCC(C(O)c2ccc(F)c(F)c2)O1.C\C=C/C(C(/C)=N/C=C/CC)=C(/C)CCC. The second-order valence-electron chi connectivity index (χ2n) is 9.63. The molecule has 0 spiro atoms. The number of nitrogens with zero attached hydrogens (tertiary/aromatic N) is 1. The molecule has 2 rings (SSSR count). The molecule has 3 atom stereocenters. The van der Waals surface area contributed by atoms with E-state index in [1.165, 1.54) is 37.5 Å². The summed E-state index contributed by atoms with van der Waals surface area (Å²) in [5.41, 5.74) is 4.17. The van der Waals surface area contributed by atoms with E-state index in [9.17, 15) is 13.9 Å². The maximum atomic E-state index is 13.0. The number of benzene rings is 1. The van der Waals surface area contributed by atoms with E-state index in [-0.39, 0.29) is 12.2 Å². The average Bonchev–Trinajstić information content (AvgIpc) is 3.30. The van der Waals surface area contributed by atoms with Crippen molar-refractivity contribution in [1.82, 2.24) is 0 Å². The van der Waals surface area contributed by atoms with Gasteiger partial charge in [-0.15, -0.1) is 0 Å². The lowest BCUT2D eigenvalue weighted by atomic mass is 10.0. The first-order valence-electron chi connectivity index (χ1n) is 14.0. The topological polar surface area (TPSA) is 82.3 Å². The fourth-order valence-corrected chi connectivity index (χ4v) is 3.56. The van der Waals surface area contributed by atoms with Crippen molar-refractivity contribution in [3.8, 4) is 0 Å². The zero-order valence-corrected chi connectivity index (χ0v) is 25.8. The third kappa shape index (κ3) is 18.7. The first kappa shape index (κ1) is 39.0. The minimum Gasteiger partial charge on any atom is -0.386 e. The van der Waals surface area contributed by atoms with Crippen LogP contribution in [-0.4, -0.2) is 39.0 Å². The normalized spacial score (nSPS) is 18.9. The van der Waals surface area contributed by atoms with Crippen molar-refractivity contribution < 1.29 is 28.8 Å². The molecule has 0 amide bonds. The second kappa shape index (κ2) is 21.6. The van der Waals surface area contributed by atoms with Crippen LogP contribution in [0.3, 0.4) is 0 Å². The lowest BCUT2D eigenvalue weighted by Gasteiger charge is -2.18. The summed E-state index contributed by atoms with van der Waals surface area (Å²) in [6.45, 7) is 19.2. The van der Waals surface area contributed by atoms with Crippen LogP contribution in [0.4, 0.5) is 8.78 Å². The summed E-state index contributed by atoms with van der Waals surface area (Å²) >= 11 is 0. The van der Waals surface area contributed by atoms with E-state index in [1.54, 1.807) is 0 Å². The van der Waals surface area contributed by atoms with Gasteiger partial charge >= 0.3 is 0 Å². The van der Waals surface area contributed by atoms with E-state index in [0.717, 1.165) is 43.5 Å². The van der Waals surface area contributed by atoms with E-state index in [0.29, 0.717) is 5.56 Å². The lowest BCUT2D eigenvalue weighted by molar-refractivity contribution is -0.127. The Kier molecular flexibility index (Phi) is 21.6. The van der Waals surface area contributed by atoms with Crippen molar-refractivity contribution in [2.75, 3.05) is 0 Å². The van der Waals surface area contributed by atoms with Gasteiger partial charge < -0.3 is 20.1 Å². The number of allylic oxidation sites excluding steroid dienone is 5. The molecule has 1 heterocycles. The number of aliphatic imine (C=N–C) groups is 1. The fraction of sp³-hybridized carbons (Fsp3) is 0.594. The molecule has 1 aliphatic rings. The van der Waals surface area contributed by atoms with Crippen molar-refractivity contribution in [3.63, 3.8) is 0 Å². The van der Waals surface area contributed by atoms with Crippen LogP contribution in [0.15, 0.2) is 58.8 Å². The predicted octanol–water partition coefficient (Wildman–Crippen LogP) is 8.36. The first-order chi connectivity index (χ1) is 18.2. The Morgan fingerprint density at radius 3 is 2.15 bits per heavy atom. The van der Waals surface area contributed by atoms with E-state index in [4.69, 9.17) is 14.9 Å². The van der Waals surface area contributed by atoms with E-state index in [1.807, 2.05) is 33.9 Å². The van der Waals surface area contributed by atoms with Gasteiger partial charge in [-0.1, -0.05) is 64.0 Å². The van der Waals surface area contributed by atoms with Crippen LogP contribution >= 0.6 is 0 Å². The van der Waals surface area contributed by atoms with Crippen LogP contribution < -0.4 is 0 Å². The van der Waals surface area contributed by atoms with Gasteiger partial charge in [-0.25, -0.2) is 8.78 Å². The van der Waals surface area contributed by atoms with Gasteiger partial charge in [0.15, 0.2) is 17.4 Å². The molecule has 39 heavy (non-hydrogen) atoms. The van der Waals surface area contributed by atoms with Crippen LogP contribution in [0.5, 0.6) is 0 Å². The molecular weight excluding hydrogens is 500 g/mol. The monoisotopic (exact) mass is 553 g/mol. The summed E-state index contributed by atoms with van der Waals surface area (Å²) in [6, 6.07) is 3.42. The fourth-order valence-electron chi connectivity index (χ4n) is 3.56. The van der Waals surface area contributed by atoms with Gasteiger partial charge in [-0.3, -0.25) is 4.99 Å². The van der Waals surface area contributed by atoms with E-state index in [2.05, 4.69) is 50.9 Å². The largest absolute Gasteiger partial charge is 0.386 e. The Morgan fingerprint density at radius 1 is 1.13 bits per heavy atom. The number of aliphatic hydroxyl groups excluding tert-OH is 1. The Morgan fingerprint density at radius 2 is 1.72 bits per heavy atom. The molecule has 1 saturated heterocycles. The Hall–Kier alpha value is -2.19. The van der Waals surface area contributed by atoms with Gasteiger partial charge in [-0.2, -0.15) is 0 Å². The Labute approximate surface area is 236 Å². The number of hydrogen-bond donors (Lipinski definition) is 3. The Balaban J connectivity index is 0. The van der Waals surface area contributed by atoms with Crippen LogP contribution in [0.25, 0.3) is 0 Å². The molecule has 0 aromatic heterocycles. The minimum atomic E-state index is -1.50. The molecule has 3 unspecified atom stereocenters. The molecule has 1 aromatic rings. The molecule has 1 aliphatic heterocycles. The average molecular weight is 554 g/mol. The van der Waals surface area contributed by atoms with Gasteiger partial charge in [0.05, 0.1) is 12.2 Å². The molecule has 1 fully saturated rings. The van der Waals surface area contributed by atoms with Gasteiger partial charge in [-0.05, 0) is 90.5 Å². The van der Waals surface area contributed by atoms with Crippen molar-refractivity contribution in [3.05, 3.63) is 71.0 Å². The second-order valence-corrected chi connectivity index (χ2v) is 9.63. The number of hydrogen-bond acceptors (Lipinski definition) is 5. The van der Waals surface area contributed by atoms with Crippen LogP contribution in [0.1, 0.15) is 113 Å². The first-order valence-corrected chi connectivity index (χ1v) is 14.0. The van der Waals surface area contributed by atoms with Gasteiger partial charge in [0.1, 0.15) is 6.10 Å². The predicted molar refractivity (Wildman–Crippen MR) is 160 cm³/mol. The molecule has 7 heteroatoms.